The van der Waals surface area contributed by atoms with Crippen LogP contribution in [0.2, 0.25) is 0 Å². The second kappa shape index (κ2) is 5.51. The van der Waals surface area contributed by atoms with Crippen molar-refractivity contribution in [1.82, 2.24) is 4.90 Å². The molecule has 1 saturated heterocycles. The van der Waals surface area contributed by atoms with E-state index in [2.05, 4.69) is 0 Å². The van der Waals surface area contributed by atoms with E-state index in [4.69, 9.17) is 18.0 Å². The minimum absolute atomic E-state index is 0.125. The molecule has 2 atom stereocenters. The molecule has 0 aromatic rings. The molecule has 21 heavy (non-hydrogen) atoms. The highest BCUT2D eigenvalue weighted by Crippen LogP contribution is 2.44. The smallest absolute Gasteiger partial charge is 0.235 e. The van der Waals surface area contributed by atoms with Gasteiger partial charge in [0.15, 0.2) is 0 Å². The number of piperidine rings is 1. The van der Waals surface area contributed by atoms with Crippen molar-refractivity contribution in [1.29, 1.82) is 0 Å². The average Bonchev–Trinajstić information content (AvgIpc) is 2.96. The number of nitrogens with zero attached hydrogens (tertiary/aromatic N) is 1. The SMILES string of the molecule is NC(=S)C1(C(=O)N2CCC3(O)CCCCC3C2)CCCC1. The number of aliphatic hydroxyl groups is 1. The van der Waals surface area contributed by atoms with Crippen molar-refractivity contribution >= 4 is 23.1 Å². The van der Waals surface area contributed by atoms with Crippen molar-refractivity contribution in [3.05, 3.63) is 0 Å². The van der Waals surface area contributed by atoms with Gasteiger partial charge >= 0.3 is 0 Å². The van der Waals surface area contributed by atoms with E-state index < -0.39 is 11.0 Å². The molecule has 3 N–H and O–H groups in total. The summed E-state index contributed by atoms with van der Waals surface area (Å²) in [5.74, 6) is 0.355. The van der Waals surface area contributed by atoms with Crippen LogP contribution in [0, 0.1) is 11.3 Å². The van der Waals surface area contributed by atoms with Crippen molar-refractivity contribution in [3.63, 3.8) is 0 Å². The summed E-state index contributed by atoms with van der Waals surface area (Å²) in [4.78, 5) is 15.3. The molecular formula is C16H26N2O2S. The first-order chi connectivity index (χ1) is 9.98. The highest BCUT2D eigenvalue weighted by Gasteiger charge is 2.50. The van der Waals surface area contributed by atoms with Crippen molar-refractivity contribution < 1.29 is 9.90 Å². The highest BCUT2D eigenvalue weighted by atomic mass is 32.1. The number of hydrogen-bond donors (Lipinski definition) is 2. The van der Waals surface area contributed by atoms with Crippen molar-refractivity contribution in [2.24, 2.45) is 17.1 Å². The van der Waals surface area contributed by atoms with Gasteiger partial charge in [-0.2, -0.15) is 0 Å². The van der Waals surface area contributed by atoms with Crippen molar-refractivity contribution in [2.45, 2.75) is 63.4 Å². The summed E-state index contributed by atoms with van der Waals surface area (Å²) in [7, 11) is 0. The maximum atomic E-state index is 13.0. The number of carbonyl (C=O) groups is 1. The minimum Gasteiger partial charge on any atom is -0.392 e. The number of hydrogen-bond acceptors (Lipinski definition) is 3. The Morgan fingerprint density at radius 1 is 1.14 bits per heavy atom. The maximum absolute atomic E-state index is 13.0. The molecule has 5 heteroatoms. The Morgan fingerprint density at radius 2 is 1.81 bits per heavy atom. The minimum atomic E-state index is -0.598. The lowest BCUT2D eigenvalue weighted by atomic mass is 9.70. The van der Waals surface area contributed by atoms with Crippen LogP contribution in [-0.2, 0) is 4.79 Å². The zero-order chi connectivity index (χ0) is 15.1. The zero-order valence-corrected chi connectivity index (χ0v) is 13.5. The van der Waals surface area contributed by atoms with Gasteiger partial charge in [-0.25, -0.2) is 0 Å². The molecule has 3 rings (SSSR count). The van der Waals surface area contributed by atoms with Crippen LogP contribution < -0.4 is 5.73 Å². The number of carbonyl (C=O) groups excluding carboxylic acids is 1. The van der Waals surface area contributed by atoms with Gasteiger partial charge in [0.05, 0.1) is 16.0 Å². The van der Waals surface area contributed by atoms with E-state index in [9.17, 15) is 9.90 Å². The molecule has 0 bridgehead atoms. The van der Waals surface area contributed by atoms with Gasteiger partial charge in [0.25, 0.3) is 0 Å². The number of likely N-dealkylation sites (tertiary alicyclic amines) is 1. The second-order valence-electron chi connectivity index (χ2n) is 7.20. The summed E-state index contributed by atoms with van der Waals surface area (Å²) < 4.78 is 0. The van der Waals surface area contributed by atoms with Crippen LogP contribution in [0.25, 0.3) is 0 Å². The van der Waals surface area contributed by atoms with Crippen molar-refractivity contribution in [2.75, 3.05) is 13.1 Å². The number of nitrogens with two attached hydrogens (primary N) is 1. The Labute approximate surface area is 132 Å². The summed E-state index contributed by atoms with van der Waals surface area (Å²) in [5.41, 5.74) is 4.79. The molecule has 4 nitrogen and oxygen atoms in total. The van der Waals surface area contributed by atoms with Gasteiger partial charge in [-0.05, 0) is 32.1 Å². The fourth-order valence-corrected chi connectivity index (χ4v) is 4.89. The van der Waals surface area contributed by atoms with E-state index in [1.807, 2.05) is 4.90 Å². The summed E-state index contributed by atoms with van der Waals surface area (Å²) in [5, 5.41) is 10.7. The molecule has 0 spiro atoms. The van der Waals surface area contributed by atoms with E-state index in [-0.39, 0.29) is 11.8 Å². The van der Waals surface area contributed by atoms with Gasteiger partial charge in [-0.3, -0.25) is 4.79 Å². The first-order valence-electron chi connectivity index (χ1n) is 8.30. The highest BCUT2D eigenvalue weighted by molar-refractivity contribution is 7.80. The fraction of sp³-hybridized carbons (Fsp3) is 0.875. The molecule has 2 unspecified atom stereocenters. The molecule has 3 fully saturated rings. The lowest BCUT2D eigenvalue weighted by Gasteiger charge is -2.48. The van der Waals surface area contributed by atoms with E-state index in [0.717, 1.165) is 51.4 Å². The van der Waals surface area contributed by atoms with Gasteiger partial charge in [0.1, 0.15) is 0 Å². The normalized spacial score (nSPS) is 35.3. The first kappa shape index (κ1) is 15.2. The summed E-state index contributed by atoms with van der Waals surface area (Å²) in [6.45, 7) is 1.33. The molecule has 0 aromatic carbocycles. The van der Waals surface area contributed by atoms with Gasteiger partial charge < -0.3 is 15.7 Å². The Hall–Kier alpha value is -0.680. The lowest BCUT2D eigenvalue weighted by Crippen LogP contribution is -2.58. The average molecular weight is 310 g/mol. The third kappa shape index (κ3) is 2.48. The molecule has 1 amide bonds. The number of amides is 1. The molecule has 0 aromatic heterocycles. The second-order valence-corrected chi connectivity index (χ2v) is 7.64. The Balaban J connectivity index is 1.75. The largest absolute Gasteiger partial charge is 0.392 e. The standard InChI is InChI=1S/C16H26N2O2S/c17-13(21)15(6-3-4-7-15)14(19)18-10-9-16(20)8-2-1-5-12(16)11-18/h12,20H,1-11H2,(H2,17,21). The number of fused-ring (bicyclic) bond motifs is 1. The summed E-state index contributed by atoms with van der Waals surface area (Å²) in [6, 6.07) is 0. The summed E-state index contributed by atoms with van der Waals surface area (Å²) in [6.07, 6.45) is 8.55. The Bertz CT molecular complexity index is 448. The Morgan fingerprint density at radius 3 is 2.48 bits per heavy atom. The van der Waals surface area contributed by atoms with E-state index >= 15 is 0 Å². The van der Waals surface area contributed by atoms with Crippen LogP contribution in [0.3, 0.4) is 0 Å². The topological polar surface area (TPSA) is 66.6 Å². The van der Waals surface area contributed by atoms with E-state index in [0.29, 0.717) is 24.5 Å². The predicted molar refractivity (Wildman–Crippen MR) is 85.8 cm³/mol. The van der Waals surface area contributed by atoms with E-state index in [1.165, 1.54) is 0 Å². The molecule has 118 valence electrons. The van der Waals surface area contributed by atoms with Gasteiger partial charge in [-0.15, -0.1) is 0 Å². The third-order valence-electron chi connectivity index (χ3n) is 6.05. The fourth-order valence-electron chi connectivity index (χ4n) is 4.60. The first-order valence-corrected chi connectivity index (χ1v) is 8.70. The molecular weight excluding hydrogens is 284 g/mol. The number of thiocarbonyl (C=S) groups is 1. The molecule has 0 radical (unpaired) electrons. The van der Waals surface area contributed by atoms with Crippen LogP contribution in [0.1, 0.15) is 57.8 Å². The quantitative estimate of drug-likeness (QED) is 0.766. The monoisotopic (exact) mass is 310 g/mol. The van der Waals surface area contributed by atoms with E-state index in [1.54, 1.807) is 0 Å². The molecule has 1 aliphatic heterocycles. The molecule has 2 saturated carbocycles. The predicted octanol–water partition coefficient (Wildman–Crippen LogP) is 1.99. The van der Waals surface area contributed by atoms with Crippen molar-refractivity contribution in [3.8, 4) is 0 Å². The molecule has 2 aliphatic carbocycles. The van der Waals surface area contributed by atoms with Gasteiger partial charge in [0.2, 0.25) is 5.91 Å². The van der Waals surface area contributed by atoms with Gasteiger partial charge in [0, 0.05) is 19.0 Å². The number of rotatable bonds is 2. The summed E-state index contributed by atoms with van der Waals surface area (Å²) >= 11 is 5.23. The molecule has 3 aliphatic rings. The van der Waals surface area contributed by atoms with Crippen LogP contribution >= 0.6 is 12.2 Å². The maximum Gasteiger partial charge on any atom is 0.235 e. The Kier molecular flexibility index (Phi) is 3.99. The van der Waals surface area contributed by atoms with Crippen LogP contribution in [-0.4, -0.2) is 39.6 Å². The van der Waals surface area contributed by atoms with Gasteiger partial charge in [-0.1, -0.05) is 37.9 Å². The zero-order valence-electron chi connectivity index (χ0n) is 12.6. The van der Waals surface area contributed by atoms with Crippen LogP contribution in [0.5, 0.6) is 0 Å². The molecule has 1 heterocycles. The van der Waals surface area contributed by atoms with Crippen LogP contribution in [0.4, 0.5) is 0 Å². The third-order valence-corrected chi connectivity index (χ3v) is 6.44. The van der Waals surface area contributed by atoms with Crippen LogP contribution in [0.15, 0.2) is 0 Å². The lowest BCUT2D eigenvalue weighted by molar-refractivity contribution is -0.149.